The average Bonchev–Trinajstić information content (AvgIpc) is 2.82. The van der Waals surface area contributed by atoms with Crippen molar-refractivity contribution in [3.63, 3.8) is 0 Å². The number of aryl methyl sites for hydroxylation is 3. The predicted molar refractivity (Wildman–Crippen MR) is 145 cm³/mol. The molecule has 2 bridgehead atoms. The standard InChI is InChI=1S/C25H31N5O2.2C2H6/c1-6-32-19(18-7-8-20(31)30(5)13-18)9-14(2)23-28-22(25-10-17(11-25)12-25)21-24(29-23)27-16(4)15(3)26-21;2*1-2/h7-8,13-14,17,19H,6,9-12H2,1-5H3;2*1-2H3. The minimum absolute atomic E-state index is 0.0256. The van der Waals surface area contributed by atoms with Gasteiger partial charge in [-0.05, 0) is 64.0 Å². The molecule has 2 atom stereocenters. The summed E-state index contributed by atoms with van der Waals surface area (Å²) in [7, 11) is 1.77. The van der Waals surface area contributed by atoms with E-state index < -0.39 is 0 Å². The maximum absolute atomic E-state index is 11.8. The quantitative estimate of drug-likeness (QED) is 0.395. The molecule has 3 aliphatic rings. The van der Waals surface area contributed by atoms with Gasteiger partial charge in [0.05, 0.1) is 23.2 Å². The van der Waals surface area contributed by atoms with Crippen LogP contribution in [0.3, 0.4) is 0 Å². The van der Waals surface area contributed by atoms with Crippen LogP contribution in [-0.2, 0) is 17.2 Å². The van der Waals surface area contributed by atoms with Crippen LogP contribution in [0, 0.1) is 19.8 Å². The molecular weight excluding hydrogens is 450 g/mol. The van der Waals surface area contributed by atoms with Crippen molar-refractivity contribution in [3.8, 4) is 0 Å². The lowest BCUT2D eigenvalue weighted by atomic mass is 9.43. The molecule has 3 fully saturated rings. The Kier molecular flexibility index (Phi) is 8.98. The number of hydrogen-bond acceptors (Lipinski definition) is 6. The highest BCUT2D eigenvalue weighted by molar-refractivity contribution is 5.75. The van der Waals surface area contributed by atoms with E-state index in [0.29, 0.717) is 12.3 Å². The predicted octanol–water partition coefficient (Wildman–Crippen LogP) is 6.11. The van der Waals surface area contributed by atoms with E-state index in [1.165, 1.54) is 19.3 Å². The monoisotopic (exact) mass is 493 g/mol. The molecule has 3 aromatic heterocycles. The molecule has 2 unspecified atom stereocenters. The van der Waals surface area contributed by atoms with E-state index in [9.17, 15) is 4.79 Å². The third-order valence-electron chi connectivity index (χ3n) is 7.36. The molecule has 3 saturated carbocycles. The Labute approximate surface area is 215 Å². The van der Waals surface area contributed by atoms with Gasteiger partial charge in [-0.1, -0.05) is 34.6 Å². The Bertz CT molecular complexity index is 1240. The van der Waals surface area contributed by atoms with Crippen LogP contribution >= 0.6 is 0 Å². The number of ether oxygens (including phenoxy) is 1. The maximum Gasteiger partial charge on any atom is 0.250 e. The number of hydrogen-bond donors (Lipinski definition) is 0. The minimum atomic E-state index is -0.134. The summed E-state index contributed by atoms with van der Waals surface area (Å²) in [6.45, 7) is 16.7. The smallest absolute Gasteiger partial charge is 0.250 e. The van der Waals surface area contributed by atoms with Gasteiger partial charge in [-0.3, -0.25) is 4.79 Å². The van der Waals surface area contributed by atoms with Gasteiger partial charge < -0.3 is 9.30 Å². The molecule has 3 heterocycles. The highest BCUT2D eigenvalue weighted by atomic mass is 16.5. The molecule has 7 heteroatoms. The molecule has 3 aromatic rings. The van der Waals surface area contributed by atoms with E-state index in [2.05, 4.69) is 6.92 Å². The first kappa shape index (κ1) is 27.9. The lowest BCUT2D eigenvalue weighted by molar-refractivity contribution is -0.0300. The van der Waals surface area contributed by atoms with Gasteiger partial charge >= 0.3 is 0 Å². The molecule has 0 saturated heterocycles. The second-order valence-electron chi connectivity index (χ2n) is 9.75. The van der Waals surface area contributed by atoms with Gasteiger partial charge in [0.2, 0.25) is 5.56 Å². The number of pyridine rings is 1. The van der Waals surface area contributed by atoms with Gasteiger partial charge in [0.25, 0.3) is 0 Å². The minimum Gasteiger partial charge on any atom is -0.374 e. The molecule has 0 aromatic carbocycles. The van der Waals surface area contributed by atoms with Gasteiger partial charge in [-0.15, -0.1) is 0 Å². The summed E-state index contributed by atoms with van der Waals surface area (Å²) in [5.74, 6) is 1.74. The Morgan fingerprint density at radius 2 is 1.67 bits per heavy atom. The Morgan fingerprint density at radius 3 is 2.22 bits per heavy atom. The summed E-state index contributed by atoms with van der Waals surface area (Å²) in [4.78, 5) is 31.5. The SMILES string of the molecule is CC.CC.CCOC(CC(C)c1nc(C23CC(C2)C3)c2nc(C)c(C)nc2n1)c1ccc(=O)n(C)c1. The van der Waals surface area contributed by atoms with Crippen molar-refractivity contribution in [2.24, 2.45) is 13.0 Å². The lowest BCUT2D eigenvalue weighted by Gasteiger charge is -2.61. The molecule has 6 rings (SSSR count). The first-order valence-corrected chi connectivity index (χ1v) is 13.6. The zero-order chi connectivity index (χ0) is 26.6. The van der Waals surface area contributed by atoms with E-state index in [1.807, 2.05) is 60.7 Å². The molecule has 196 valence electrons. The van der Waals surface area contributed by atoms with Gasteiger partial charge in [-0.25, -0.2) is 19.9 Å². The first-order valence-electron chi connectivity index (χ1n) is 13.6. The van der Waals surface area contributed by atoms with Crippen LogP contribution in [0.25, 0.3) is 11.2 Å². The third-order valence-corrected chi connectivity index (χ3v) is 7.36. The van der Waals surface area contributed by atoms with Crippen LogP contribution < -0.4 is 5.56 Å². The van der Waals surface area contributed by atoms with Gasteiger partial charge in [0, 0.05) is 37.3 Å². The summed E-state index contributed by atoms with van der Waals surface area (Å²) in [5, 5.41) is 0. The summed E-state index contributed by atoms with van der Waals surface area (Å²) < 4.78 is 7.67. The van der Waals surface area contributed by atoms with Crippen LogP contribution in [0.2, 0.25) is 0 Å². The zero-order valence-electron chi connectivity index (χ0n) is 23.6. The van der Waals surface area contributed by atoms with Crippen molar-refractivity contribution in [1.82, 2.24) is 24.5 Å². The lowest BCUT2D eigenvalue weighted by Crippen LogP contribution is -2.56. The maximum atomic E-state index is 11.8. The Balaban J connectivity index is 0.000000861. The van der Waals surface area contributed by atoms with Crippen LogP contribution in [0.5, 0.6) is 0 Å². The topological polar surface area (TPSA) is 82.8 Å². The molecule has 0 radical (unpaired) electrons. The second-order valence-corrected chi connectivity index (χ2v) is 9.75. The fourth-order valence-electron chi connectivity index (χ4n) is 5.22. The fraction of sp³-hybridized carbons (Fsp3) is 0.621. The van der Waals surface area contributed by atoms with E-state index in [-0.39, 0.29) is 23.0 Å². The fourth-order valence-corrected chi connectivity index (χ4v) is 5.22. The van der Waals surface area contributed by atoms with Crippen LogP contribution in [-0.4, -0.2) is 31.1 Å². The van der Waals surface area contributed by atoms with Crippen LogP contribution in [0.15, 0.2) is 23.1 Å². The number of nitrogens with zero attached hydrogens (tertiary/aromatic N) is 5. The van der Waals surface area contributed by atoms with Gasteiger partial charge in [0.15, 0.2) is 5.65 Å². The summed E-state index contributed by atoms with van der Waals surface area (Å²) >= 11 is 0. The number of rotatable bonds is 7. The largest absolute Gasteiger partial charge is 0.374 e. The van der Waals surface area contributed by atoms with E-state index in [4.69, 9.17) is 24.7 Å². The number of fused-ring (bicyclic) bond motifs is 1. The molecule has 0 spiro atoms. The van der Waals surface area contributed by atoms with E-state index in [0.717, 1.165) is 46.3 Å². The Morgan fingerprint density at radius 1 is 1.03 bits per heavy atom. The molecule has 36 heavy (non-hydrogen) atoms. The van der Waals surface area contributed by atoms with Gasteiger partial charge in [-0.2, -0.15) is 0 Å². The normalized spacial score (nSPS) is 21.2. The summed E-state index contributed by atoms with van der Waals surface area (Å²) in [6.07, 6.45) is 6.08. The van der Waals surface area contributed by atoms with E-state index >= 15 is 0 Å². The van der Waals surface area contributed by atoms with Crippen molar-refractivity contribution < 1.29 is 4.74 Å². The molecule has 3 aliphatic carbocycles. The molecule has 7 nitrogen and oxygen atoms in total. The highest BCUT2D eigenvalue weighted by Gasteiger charge is 2.59. The van der Waals surface area contributed by atoms with Crippen molar-refractivity contribution in [3.05, 3.63) is 57.2 Å². The van der Waals surface area contributed by atoms with Crippen molar-refractivity contribution >= 4 is 11.2 Å². The summed E-state index contributed by atoms with van der Waals surface area (Å²) in [5.41, 5.74) is 5.68. The van der Waals surface area contributed by atoms with Crippen molar-refractivity contribution in [1.29, 1.82) is 0 Å². The molecule has 0 amide bonds. The average molecular weight is 494 g/mol. The molecular formula is C29H43N5O2. The third kappa shape index (κ3) is 5.22. The highest BCUT2D eigenvalue weighted by Crippen LogP contribution is 2.65. The zero-order valence-corrected chi connectivity index (χ0v) is 23.6. The second kappa shape index (κ2) is 11.6. The van der Waals surface area contributed by atoms with Crippen molar-refractivity contribution in [2.45, 2.75) is 98.5 Å². The summed E-state index contributed by atoms with van der Waals surface area (Å²) in [6, 6.07) is 3.46. The van der Waals surface area contributed by atoms with E-state index in [1.54, 1.807) is 17.7 Å². The Hall–Kier alpha value is -2.67. The number of aromatic nitrogens is 5. The first-order chi connectivity index (χ1) is 17.3. The van der Waals surface area contributed by atoms with Crippen LogP contribution in [0.4, 0.5) is 0 Å². The van der Waals surface area contributed by atoms with Gasteiger partial charge in [0.1, 0.15) is 11.3 Å². The molecule has 0 aliphatic heterocycles. The molecule has 0 N–H and O–H groups in total. The van der Waals surface area contributed by atoms with Crippen molar-refractivity contribution in [2.75, 3.05) is 6.61 Å². The van der Waals surface area contributed by atoms with Crippen LogP contribution in [0.1, 0.15) is 108 Å².